The molecule has 0 aliphatic heterocycles. The van der Waals surface area contributed by atoms with E-state index in [1.54, 1.807) is 0 Å². The first kappa shape index (κ1) is 16.3. The lowest BCUT2D eigenvalue weighted by Gasteiger charge is -2.12. The molecule has 0 aliphatic rings. The molecule has 2 aromatic rings. The topological polar surface area (TPSA) is 83.8 Å². The van der Waals surface area contributed by atoms with Crippen molar-refractivity contribution in [1.82, 2.24) is 0 Å². The zero-order valence-electron chi connectivity index (χ0n) is 11.3. The van der Waals surface area contributed by atoms with Gasteiger partial charge in [0.25, 0.3) is 0 Å². The lowest BCUT2D eigenvalue weighted by atomic mass is 10.0. The summed E-state index contributed by atoms with van der Waals surface area (Å²) in [6, 6.07) is 8.66. The van der Waals surface area contributed by atoms with Crippen LogP contribution < -0.4 is 4.74 Å². The van der Waals surface area contributed by atoms with Crippen LogP contribution in [0.2, 0.25) is 0 Å². The third-order valence-corrected chi connectivity index (χ3v) is 2.88. The smallest absolute Gasteiger partial charge is 0.478 e. The molecule has 5 nitrogen and oxygen atoms in total. The average molecular weight is 326 g/mol. The van der Waals surface area contributed by atoms with Crippen LogP contribution in [0.25, 0.3) is 11.1 Å². The highest BCUT2D eigenvalue weighted by atomic mass is 19.4. The first-order chi connectivity index (χ1) is 10.7. The zero-order valence-corrected chi connectivity index (χ0v) is 11.3. The van der Waals surface area contributed by atoms with Gasteiger partial charge in [0.1, 0.15) is 11.3 Å². The van der Waals surface area contributed by atoms with E-state index in [-0.39, 0.29) is 11.1 Å². The zero-order chi connectivity index (χ0) is 17.2. The molecule has 120 valence electrons. The second-order valence-corrected chi connectivity index (χ2v) is 4.45. The molecule has 0 spiro atoms. The van der Waals surface area contributed by atoms with E-state index >= 15 is 0 Å². The number of carboxylic acid groups (broad SMARTS) is 2. The van der Waals surface area contributed by atoms with Gasteiger partial charge in [-0.15, -0.1) is 13.2 Å². The van der Waals surface area contributed by atoms with E-state index in [0.717, 1.165) is 12.1 Å². The van der Waals surface area contributed by atoms with Crippen LogP contribution in [0.1, 0.15) is 20.7 Å². The first-order valence-electron chi connectivity index (χ1n) is 6.14. The minimum atomic E-state index is -5.02. The monoisotopic (exact) mass is 326 g/mol. The standard InChI is InChI=1S/C15H9F3O5/c16-15(17,18)23-12-5-4-9(7-11(12)14(21)22)8-2-1-3-10(6-8)13(19)20/h1-7H,(H,19,20)(H,21,22). The lowest BCUT2D eigenvalue weighted by molar-refractivity contribution is -0.274. The Bertz CT molecular complexity index is 768. The minimum Gasteiger partial charge on any atom is -0.478 e. The van der Waals surface area contributed by atoms with Gasteiger partial charge in [-0.3, -0.25) is 0 Å². The van der Waals surface area contributed by atoms with Crippen molar-refractivity contribution in [3.63, 3.8) is 0 Å². The Morgan fingerprint density at radius 2 is 1.57 bits per heavy atom. The average Bonchev–Trinajstić information content (AvgIpc) is 2.46. The van der Waals surface area contributed by atoms with E-state index in [0.29, 0.717) is 5.56 Å². The number of rotatable bonds is 4. The summed E-state index contributed by atoms with van der Waals surface area (Å²) in [4.78, 5) is 22.1. The van der Waals surface area contributed by atoms with Gasteiger partial charge in [-0.1, -0.05) is 18.2 Å². The van der Waals surface area contributed by atoms with Crippen LogP contribution in [-0.2, 0) is 0 Å². The predicted molar refractivity (Wildman–Crippen MR) is 72.5 cm³/mol. The molecule has 0 atom stereocenters. The molecule has 2 aromatic carbocycles. The van der Waals surface area contributed by atoms with Gasteiger partial charge in [0, 0.05) is 0 Å². The normalized spacial score (nSPS) is 11.1. The summed E-state index contributed by atoms with van der Waals surface area (Å²) in [5.74, 6) is -3.62. The summed E-state index contributed by atoms with van der Waals surface area (Å²) in [6.07, 6.45) is -5.02. The van der Waals surface area contributed by atoms with E-state index in [1.807, 2.05) is 0 Å². The van der Waals surface area contributed by atoms with Crippen molar-refractivity contribution in [2.75, 3.05) is 0 Å². The van der Waals surface area contributed by atoms with Gasteiger partial charge in [-0.2, -0.15) is 0 Å². The van der Waals surface area contributed by atoms with E-state index in [1.165, 1.54) is 30.3 Å². The number of hydrogen-bond donors (Lipinski definition) is 2. The largest absolute Gasteiger partial charge is 0.573 e. The Balaban J connectivity index is 2.49. The summed E-state index contributed by atoms with van der Waals surface area (Å²) in [7, 11) is 0. The SMILES string of the molecule is O=C(O)c1cccc(-c2ccc(OC(F)(F)F)c(C(=O)O)c2)c1. The molecule has 2 N–H and O–H groups in total. The van der Waals surface area contributed by atoms with Gasteiger partial charge >= 0.3 is 18.3 Å². The summed E-state index contributed by atoms with van der Waals surface area (Å²) in [5.41, 5.74) is -0.110. The maximum Gasteiger partial charge on any atom is 0.573 e. The lowest BCUT2D eigenvalue weighted by Crippen LogP contribution is -2.19. The quantitative estimate of drug-likeness (QED) is 0.896. The maximum absolute atomic E-state index is 12.3. The van der Waals surface area contributed by atoms with Crippen molar-refractivity contribution in [2.45, 2.75) is 6.36 Å². The Kier molecular flexibility index (Phi) is 4.26. The Morgan fingerprint density at radius 3 is 2.13 bits per heavy atom. The van der Waals surface area contributed by atoms with Crippen LogP contribution in [-0.4, -0.2) is 28.5 Å². The predicted octanol–water partition coefficient (Wildman–Crippen LogP) is 3.65. The van der Waals surface area contributed by atoms with Gasteiger partial charge in [-0.25, -0.2) is 9.59 Å². The number of carbonyl (C=O) groups is 2. The van der Waals surface area contributed by atoms with Crippen molar-refractivity contribution in [3.05, 3.63) is 53.6 Å². The van der Waals surface area contributed by atoms with Gasteiger partial charge < -0.3 is 14.9 Å². The number of alkyl halides is 3. The Morgan fingerprint density at radius 1 is 0.913 bits per heavy atom. The summed E-state index contributed by atoms with van der Waals surface area (Å²) < 4.78 is 40.5. The molecule has 0 bridgehead atoms. The molecule has 2 rings (SSSR count). The number of carboxylic acids is 2. The van der Waals surface area contributed by atoms with E-state index < -0.39 is 29.6 Å². The van der Waals surface area contributed by atoms with Gasteiger partial charge in [0.2, 0.25) is 0 Å². The third kappa shape index (κ3) is 4.00. The van der Waals surface area contributed by atoms with Crippen molar-refractivity contribution in [2.24, 2.45) is 0 Å². The highest BCUT2D eigenvalue weighted by Gasteiger charge is 2.33. The molecule has 0 unspecified atom stereocenters. The summed E-state index contributed by atoms with van der Waals surface area (Å²) >= 11 is 0. The molecular weight excluding hydrogens is 317 g/mol. The Labute approximate surface area is 127 Å². The number of ether oxygens (including phenoxy) is 1. The second kappa shape index (κ2) is 5.99. The third-order valence-electron chi connectivity index (χ3n) is 2.88. The highest BCUT2D eigenvalue weighted by Crippen LogP contribution is 2.31. The molecule has 0 aliphatic carbocycles. The maximum atomic E-state index is 12.3. The second-order valence-electron chi connectivity index (χ2n) is 4.45. The fourth-order valence-electron chi connectivity index (χ4n) is 1.92. The fourth-order valence-corrected chi connectivity index (χ4v) is 1.92. The van der Waals surface area contributed by atoms with Crippen LogP contribution in [0, 0.1) is 0 Å². The van der Waals surface area contributed by atoms with Crippen LogP contribution in [0.4, 0.5) is 13.2 Å². The molecular formula is C15H9F3O5. The summed E-state index contributed by atoms with van der Waals surface area (Å²) in [6.45, 7) is 0. The van der Waals surface area contributed by atoms with Gasteiger partial charge in [0.05, 0.1) is 5.56 Å². The number of halogens is 3. The molecule has 8 heteroatoms. The van der Waals surface area contributed by atoms with Crippen molar-refractivity contribution in [1.29, 1.82) is 0 Å². The molecule has 0 radical (unpaired) electrons. The molecule has 23 heavy (non-hydrogen) atoms. The molecule has 0 saturated carbocycles. The van der Waals surface area contributed by atoms with E-state index in [4.69, 9.17) is 10.2 Å². The van der Waals surface area contributed by atoms with Crippen LogP contribution >= 0.6 is 0 Å². The van der Waals surface area contributed by atoms with Crippen molar-refractivity contribution < 1.29 is 37.7 Å². The minimum absolute atomic E-state index is 0.0324. The summed E-state index contributed by atoms with van der Waals surface area (Å²) in [5, 5.41) is 18.0. The van der Waals surface area contributed by atoms with Crippen molar-refractivity contribution in [3.8, 4) is 16.9 Å². The molecule has 0 amide bonds. The number of benzene rings is 2. The molecule has 0 heterocycles. The van der Waals surface area contributed by atoms with Crippen LogP contribution in [0.5, 0.6) is 5.75 Å². The molecule has 0 saturated heterocycles. The fraction of sp³-hybridized carbons (Fsp3) is 0.0667. The van der Waals surface area contributed by atoms with Crippen LogP contribution in [0.15, 0.2) is 42.5 Å². The van der Waals surface area contributed by atoms with Crippen molar-refractivity contribution >= 4 is 11.9 Å². The van der Waals surface area contributed by atoms with Gasteiger partial charge in [0.15, 0.2) is 0 Å². The molecule has 0 fully saturated rings. The highest BCUT2D eigenvalue weighted by molar-refractivity contribution is 5.93. The molecule has 0 aromatic heterocycles. The van der Waals surface area contributed by atoms with Crippen LogP contribution in [0.3, 0.4) is 0 Å². The number of aromatic carboxylic acids is 2. The van der Waals surface area contributed by atoms with E-state index in [2.05, 4.69) is 4.74 Å². The van der Waals surface area contributed by atoms with E-state index in [9.17, 15) is 22.8 Å². The Hall–Kier alpha value is -3.03. The first-order valence-corrected chi connectivity index (χ1v) is 6.14. The number of hydrogen-bond acceptors (Lipinski definition) is 3. The van der Waals surface area contributed by atoms with Gasteiger partial charge in [-0.05, 0) is 35.4 Å².